The van der Waals surface area contributed by atoms with Crippen LogP contribution in [0.3, 0.4) is 0 Å². The Bertz CT molecular complexity index is 552. The number of alkyl carbamates (subject to hydrolysis) is 1. The van der Waals surface area contributed by atoms with Crippen LogP contribution in [0.15, 0.2) is 18.2 Å². The fraction of sp³-hybridized carbons (Fsp3) is 0.429. The Morgan fingerprint density at radius 1 is 1.50 bits per heavy atom. The average Bonchev–Trinajstić information content (AvgIpc) is 2.34. The van der Waals surface area contributed by atoms with Crippen molar-refractivity contribution in [2.24, 2.45) is 5.41 Å². The van der Waals surface area contributed by atoms with Gasteiger partial charge in [-0.15, -0.1) is 0 Å². The summed E-state index contributed by atoms with van der Waals surface area (Å²) < 4.78 is 9.83. The Morgan fingerprint density at radius 3 is 2.80 bits per heavy atom. The topological polar surface area (TPSA) is 84.9 Å². The van der Waals surface area contributed by atoms with Gasteiger partial charge in [-0.2, -0.15) is 0 Å². The van der Waals surface area contributed by atoms with Gasteiger partial charge in [0.15, 0.2) is 11.5 Å². The number of rotatable bonds is 2. The average molecular weight is 279 g/mol. The first kappa shape index (κ1) is 14.2. The fourth-order valence-electron chi connectivity index (χ4n) is 2.18. The molecule has 6 heteroatoms. The maximum atomic E-state index is 11.4. The Morgan fingerprint density at radius 2 is 2.20 bits per heavy atom. The van der Waals surface area contributed by atoms with Crippen LogP contribution in [-0.4, -0.2) is 23.8 Å². The van der Waals surface area contributed by atoms with Crippen LogP contribution in [0.25, 0.3) is 0 Å². The second kappa shape index (κ2) is 5.03. The summed E-state index contributed by atoms with van der Waals surface area (Å²) in [6.45, 7) is 5.45. The van der Waals surface area contributed by atoms with Crippen LogP contribution in [0.2, 0.25) is 0 Å². The number of carbonyl (C=O) groups excluding carboxylic acids is 2. The zero-order chi connectivity index (χ0) is 14.9. The summed E-state index contributed by atoms with van der Waals surface area (Å²) in [7, 11) is 0. The molecule has 6 nitrogen and oxygen atoms in total. The molecular formula is C14H17NO5. The van der Waals surface area contributed by atoms with Crippen LogP contribution < -0.4 is 10.1 Å². The van der Waals surface area contributed by atoms with Crippen molar-refractivity contribution in [3.8, 4) is 11.5 Å². The van der Waals surface area contributed by atoms with Gasteiger partial charge in [0.05, 0.1) is 6.04 Å². The number of esters is 1. The van der Waals surface area contributed by atoms with Gasteiger partial charge in [-0.3, -0.25) is 4.79 Å². The predicted octanol–water partition coefficient (Wildman–Crippen LogP) is 2.12. The van der Waals surface area contributed by atoms with Crippen molar-refractivity contribution in [3.63, 3.8) is 0 Å². The first-order valence-electron chi connectivity index (χ1n) is 6.24. The maximum absolute atomic E-state index is 11.4. The van der Waals surface area contributed by atoms with E-state index < -0.39 is 12.1 Å². The molecule has 1 heterocycles. The minimum Gasteiger partial charge on any atom is -0.504 e. The van der Waals surface area contributed by atoms with Crippen molar-refractivity contribution in [3.05, 3.63) is 23.8 Å². The molecule has 0 bridgehead atoms. The molecule has 108 valence electrons. The number of hydrogen-bond acceptors (Lipinski definition) is 5. The van der Waals surface area contributed by atoms with Gasteiger partial charge in [-0.1, -0.05) is 19.9 Å². The molecule has 0 aliphatic carbocycles. The fourth-order valence-corrected chi connectivity index (χ4v) is 2.18. The van der Waals surface area contributed by atoms with Crippen LogP contribution in [-0.2, 0) is 9.53 Å². The minimum absolute atomic E-state index is 0.0949. The highest BCUT2D eigenvalue weighted by atomic mass is 16.6. The highest BCUT2D eigenvalue weighted by Gasteiger charge is 2.38. The molecule has 1 aliphatic heterocycles. The molecule has 1 aromatic carbocycles. The lowest BCUT2D eigenvalue weighted by atomic mass is 9.80. The zero-order valence-electron chi connectivity index (χ0n) is 11.6. The first-order chi connectivity index (χ1) is 9.29. The number of nitrogens with one attached hydrogen (secondary N) is 1. The molecule has 1 fully saturated rings. The molecule has 0 saturated carbocycles. The molecule has 1 saturated heterocycles. The first-order valence-corrected chi connectivity index (χ1v) is 6.24. The van der Waals surface area contributed by atoms with E-state index in [0.717, 1.165) is 5.56 Å². The minimum atomic E-state index is -0.507. The number of phenols is 1. The Labute approximate surface area is 116 Å². The second-order valence-corrected chi connectivity index (χ2v) is 5.46. The monoisotopic (exact) mass is 279 g/mol. The van der Waals surface area contributed by atoms with E-state index >= 15 is 0 Å². The predicted molar refractivity (Wildman–Crippen MR) is 70.4 cm³/mol. The molecule has 1 atom stereocenters. The second-order valence-electron chi connectivity index (χ2n) is 5.46. The van der Waals surface area contributed by atoms with Gasteiger partial charge in [0.2, 0.25) is 0 Å². The zero-order valence-corrected chi connectivity index (χ0v) is 11.6. The van der Waals surface area contributed by atoms with E-state index in [-0.39, 0.29) is 29.6 Å². The third-order valence-corrected chi connectivity index (χ3v) is 3.19. The lowest BCUT2D eigenvalue weighted by molar-refractivity contribution is -0.132. The number of aromatic hydroxyl groups is 1. The van der Waals surface area contributed by atoms with Crippen LogP contribution in [0.4, 0.5) is 4.79 Å². The number of amides is 1. The van der Waals surface area contributed by atoms with Gasteiger partial charge in [-0.05, 0) is 17.7 Å². The maximum Gasteiger partial charge on any atom is 0.407 e. The summed E-state index contributed by atoms with van der Waals surface area (Å²) in [6, 6.07) is 4.40. The van der Waals surface area contributed by atoms with E-state index in [1.165, 1.54) is 19.1 Å². The Balaban J connectivity index is 2.30. The molecule has 1 aromatic rings. The van der Waals surface area contributed by atoms with Crippen molar-refractivity contribution < 1.29 is 24.2 Å². The molecule has 1 aliphatic rings. The van der Waals surface area contributed by atoms with E-state index in [0.29, 0.717) is 0 Å². The molecule has 1 amide bonds. The van der Waals surface area contributed by atoms with Crippen LogP contribution in [0.1, 0.15) is 32.4 Å². The number of cyclic esters (lactones) is 1. The summed E-state index contributed by atoms with van der Waals surface area (Å²) in [5.74, 6) is -0.556. The number of phenolic OH excluding ortho intramolecular Hbond substituents is 1. The molecule has 0 spiro atoms. The van der Waals surface area contributed by atoms with Crippen molar-refractivity contribution in [1.29, 1.82) is 0 Å². The quantitative estimate of drug-likeness (QED) is 0.640. The molecule has 2 rings (SSSR count). The summed E-state index contributed by atoms with van der Waals surface area (Å²) in [6.07, 6.45) is -0.488. The molecule has 20 heavy (non-hydrogen) atoms. The lowest BCUT2D eigenvalue weighted by Crippen LogP contribution is -2.46. The summed E-state index contributed by atoms with van der Waals surface area (Å²) in [5, 5.41) is 12.6. The van der Waals surface area contributed by atoms with Gasteiger partial charge in [0.25, 0.3) is 0 Å². The largest absolute Gasteiger partial charge is 0.504 e. The lowest BCUT2D eigenvalue weighted by Gasteiger charge is -2.38. The van der Waals surface area contributed by atoms with E-state index in [9.17, 15) is 14.7 Å². The SMILES string of the molecule is CC(=O)Oc1ccc([C@H]2NC(=O)OCC2(C)C)cc1O. The van der Waals surface area contributed by atoms with E-state index in [4.69, 9.17) is 9.47 Å². The molecule has 0 unspecified atom stereocenters. The van der Waals surface area contributed by atoms with E-state index in [1.807, 2.05) is 13.8 Å². The molecule has 0 aromatic heterocycles. The van der Waals surface area contributed by atoms with Gasteiger partial charge < -0.3 is 19.9 Å². The normalized spacial score (nSPS) is 20.8. The van der Waals surface area contributed by atoms with E-state index in [1.54, 1.807) is 6.07 Å². The van der Waals surface area contributed by atoms with Crippen LogP contribution in [0.5, 0.6) is 11.5 Å². The highest BCUT2D eigenvalue weighted by Crippen LogP contribution is 2.39. The van der Waals surface area contributed by atoms with Gasteiger partial charge >= 0.3 is 12.1 Å². The molecule has 0 radical (unpaired) electrons. The Kier molecular flexibility index (Phi) is 3.57. The van der Waals surface area contributed by atoms with Crippen LogP contribution in [0, 0.1) is 5.41 Å². The molecule has 2 N–H and O–H groups in total. The summed E-state index contributed by atoms with van der Waals surface area (Å²) in [4.78, 5) is 22.3. The van der Waals surface area contributed by atoms with Gasteiger partial charge in [0, 0.05) is 12.3 Å². The Hall–Kier alpha value is -2.24. The van der Waals surface area contributed by atoms with Crippen molar-refractivity contribution in [1.82, 2.24) is 5.32 Å². The number of carbonyl (C=O) groups is 2. The highest BCUT2D eigenvalue weighted by molar-refractivity contribution is 5.71. The van der Waals surface area contributed by atoms with Gasteiger partial charge in [-0.25, -0.2) is 4.79 Å². The van der Waals surface area contributed by atoms with E-state index in [2.05, 4.69) is 5.32 Å². The third-order valence-electron chi connectivity index (χ3n) is 3.19. The standard InChI is InChI=1S/C14H17NO5/c1-8(16)20-11-5-4-9(6-10(11)17)12-14(2,3)7-19-13(18)15-12/h4-6,12,17H,7H2,1-3H3,(H,15,18)/t12-/m1/s1. The van der Waals surface area contributed by atoms with Gasteiger partial charge in [0.1, 0.15) is 6.61 Å². The van der Waals surface area contributed by atoms with Crippen LogP contribution >= 0.6 is 0 Å². The number of ether oxygens (including phenoxy) is 2. The summed E-state index contributed by atoms with van der Waals surface area (Å²) >= 11 is 0. The summed E-state index contributed by atoms with van der Waals surface area (Å²) in [5.41, 5.74) is 0.406. The number of hydrogen-bond donors (Lipinski definition) is 2. The number of benzene rings is 1. The smallest absolute Gasteiger partial charge is 0.407 e. The molecular weight excluding hydrogens is 262 g/mol. The van der Waals surface area contributed by atoms with Crippen molar-refractivity contribution in [2.75, 3.05) is 6.61 Å². The van der Waals surface area contributed by atoms with Crippen molar-refractivity contribution in [2.45, 2.75) is 26.8 Å². The third kappa shape index (κ3) is 2.84. The van der Waals surface area contributed by atoms with Crippen molar-refractivity contribution >= 4 is 12.1 Å².